The normalized spacial score (nSPS) is 24.3. The van der Waals surface area contributed by atoms with Gasteiger partial charge in [-0.1, -0.05) is 67.4 Å². The van der Waals surface area contributed by atoms with Crippen molar-refractivity contribution in [1.29, 1.82) is 0 Å². The molecule has 2 amide bonds. The molecule has 3 aliphatic rings. The van der Waals surface area contributed by atoms with Crippen LogP contribution in [-0.4, -0.2) is 83.4 Å². The summed E-state index contributed by atoms with van der Waals surface area (Å²) in [5.41, 5.74) is 2.75. The number of hydrogen-bond acceptors (Lipinski definition) is 10. The van der Waals surface area contributed by atoms with E-state index in [0.29, 0.717) is 49.6 Å². The number of carbonyl (C=O) groups is 2. The molecule has 0 radical (unpaired) electrons. The van der Waals surface area contributed by atoms with Gasteiger partial charge in [0.1, 0.15) is 29.7 Å². The minimum absolute atomic E-state index is 0.0197. The summed E-state index contributed by atoms with van der Waals surface area (Å²) in [7, 11) is 0. The third kappa shape index (κ3) is 10.6. The van der Waals surface area contributed by atoms with E-state index < -0.39 is 35.5 Å². The van der Waals surface area contributed by atoms with E-state index in [-0.39, 0.29) is 50.6 Å². The topological polar surface area (TPSA) is 148 Å². The second-order valence-electron chi connectivity index (χ2n) is 16.1. The molecule has 12 heteroatoms. The van der Waals surface area contributed by atoms with Crippen LogP contribution in [0.1, 0.15) is 103 Å². The molecular formula is C45H63N3O9. The van der Waals surface area contributed by atoms with E-state index in [1.165, 1.54) is 0 Å². The number of hydrogen-bond donors (Lipinski definition) is 3. The Kier molecular flexibility index (Phi) is 15.6. The first-order chi connectivity index (χ1) is 27.5. The largest absolute Gasteiger partial charge is 0.459 e. The van der Waals surface area contributed by atoms with Gasteiger partial charge in [-0.05, 0) is 101 Å². The third-order valence-corrected chi connectivity index (χ3v) is 10.9. The highest BCUT2D eigenvalue weighted by molar-refractivity contribution is 6.03. The van der Waals surface area contributed by atoms with Crippen LogP contribution in [0, 0.1) is 17.8 Å². The second-order valence-corrected chi connectivity index (χ2v) is 16.1. The van der Waals surface area contributed by atoms with Crippen LogP contribution in [0.2, 0.25) is 0 Å². The molecule has 2 aliphatic carbocycles. The highest BCUT2D eigenvalue weighted by Gasteiger charge is 2.65. The average molecular weight is 790 g/mol. The van der Waals surface area contributed by atoms with Crippen molar-refractivity contribution in [3.05, 3.63) is 84.0 Å². The quantitative estimate of drug-likeness (QED) is 0.0727. The van der Waals surface area contributed by atoms with Crippen molar-refractivity contribution < 1.29 is 43.6 Å². The summed E-state index contributed by atoms with van der Waals surface area (Å²) < 4.78 is 26.1. The molecule has 0 aromatic heterocycles. The molecule has 312 valence electrons. The maximum atomic E-state index is 14.4. The Morgan fingerprint density at radius 1 is 1.05 bits per heavy atom. The Hall–Kier alpha value is -4.39. The van der Waals surface area contributed by atoms with Crippen LogP contribution >= 0.6 is 0 Å². The van der Waals surface area contributed by atoms with E-state index >= 15 is 0 Å². The standard InChI is InChI=1S/C45H63N3O9/c1-7-23-48(43(52)53-30-31-17-11-10-12-18-31)39-29-37(47-57-44(4,5)6)35-27-32(19-13-15-24-49)34(20-14-16-25-50)40-36-28-33(55-42(51)46-9-3)21-22-38(36)56-45(39,41(35)40)54-26-8-2/h8,10-12,17-18,21-22,27-28,32,34,39-41,49-50H,2,7,9,13-16,19-20,23-26,29-30H2,1,3-6H3,(H,46,51)/t32-,34+,39-,40+,41+,45+/m0/s1. The van der Waals surface area contributed by atoms with Gasteiger partial charge >= 0.3 is 12.2 Å². The maximum Gasteiger partial charge on any atom is 0.412 e. The fourth-order valence-corrected chi connectivity index (χ4v) is 8.61. The molecule has 2 aromatic rings. The van der Waals surface area contributed by atoms with Crippen LogP contribution in [0.15, 0.2) is 78.0 Å². The molecular weight excluding hydrogens is 727 g/mol. The molecule has 0 unspecified atom stereocenters. The number of aliphatic hydroxyl groups is 2. The Morgan fingerprint density at radius 3 is 2.46 bits per heavy atom. The van der Waals surface area contributed by atoms with Crippen molar-refractivity contribution >= 4 is 17.9 Å². The molecule has 57 heavy (non-hydrogen) atoms. The molecule has 0 spiro atoms. The first kappa shape index (κ1) is 43.7. The predicted octanol–water partition coefficient (Wildman–Crippen LogP) is 8.28. The molecule has 2 aromatic carbocycles. The van der Waals surface area contributed by atoms with Gasteiger partial charge in [-0.2, -0.15) is 0 Å². The monoisotopic (exact) mass is 789 g/mol. The Balaban J connectivity index is 1.76. The first-order valence-corrected chi connectivity index (χ1v) is 20.7. The molecule has 1 fully saturated rings. The number of amides is 2. The summed E-state index contributed by atoms with van der Waals surface area (Å²) in [6.45, 7) is 14.9. The summed E-state index contributed by atoms with van der Waals surface area (Å²) in [5.74, 6) is -1.17. The van der Waals surface area contributed by atoms with Gasteiger partial charge in [0.05, 0.1) is 18.2 Å². The Bertz CT molecular complexity index is 1710. The number of aliphatic hydroxyl groups excluding tert-OH is 2. The van der Waals surface area contributed by atoms with Crippen molar-refractivity contribution in [3.63, 3.8) is 0 Å². The minimum atomic E-state index is -1.42. The first-order valence-electron chi connectivity index (χ1n) is 20.7. The summed E-state index contributed by atoms with van der Waals surface area (Å²) >= 11 is 0. The number of ether oxygens (including phenoxy) is 4. The molecule has 1 saturated carbocycles. The van der Waals surface area contributed by atoms with Crippen molar-refractivity contribution in [1.82, 2.24) is 10.2 Å². The van der Waals surface area contributed by atoms with Crippen LogP contribution in [0.4, 0.5) is 9.59 Å². The second kappa shape index (κ2) is 20.3. The van der Waals surface area contributed by atoms with E-state index in [0.717, 1.165) is 42.4 Å². The molecule has 0 bridgehead atoms. The number of oxime groups is 1. The summed E-state index contributed by atoms with van der Waals surface area (Å²) in [4.78, 5) is 35.1. The van der Waals surface area contributed by atoms with Gasteiger partial charge in [-0.15, -0.1) is 6.58 Å². The van der Waals surface area contributed by atoms with E-state index in [2.05, 4.69) is 18.0 Å². The lowest BCUT2D eigenvalue weighted by Crippen LogP contribution is -2.70. The van der Waals surface area contributed by atoms with Crippen molar-refractivity contribution in [3.8, 4) is 11.5 Å². The van der Waals surface area contributed by atoms with E-state index in [4.69, 9.17) is 28.9 Å². The Labute approximate surface area is 338 Å². The molecule has 0 saturated heterocycles. The zero-order chi connectivity index (χ0) is 41.0. The molecule has 1 aliphatic heterocycles. The van der Waals surface area contributed by atoms with Crippen LogP contribution in [0.5, 0.6) is 11.5 Å². The number of nitrogens with zero attached hydrogens (tertiary/aromatic N) is 2. The summed E-state index contributed by atoms with van der Waals surface area (Å²) in [5, 5.41) is 27.3. The van der Waals surface area contributed by atoms with E-state index in [9.17, 15) is 19.8 Å². The number of rotatable bonds is 19. The van der Waals surface area contributed by atoms with Gasteiger partial charge in [-0.25, -0.2) is 9.59 Å². The van der Waals surface area contributed by atoms with Crippen molar-refractivity contribution in [2.75, 3.05) is 32.9 Å². The lowest BCUT2D eigenvalue weighted by atomic mass is 9.55. The lowest BCUT2D eigenvalue weighted by molar-refractivity contribution is -0.255. The number of carbonyl (C=O) groups excluding carboxylic acids is 2. The Morgan fingerprint density at radius 2 is 1.79 bits per heavy atom. The molecule has 1 heterocycles. The maximum absolute atomic E-state index is 14.4. The van der Waals surface area contributed by atoms with Crippen molar-refractivity contribution in [2.45, 2.75) is 116 Å². The predicted molar refractivity (Wildman–Crippen MR) is 219 cm³/mol. The fourth-order valence-electron chi connectivity index (χ4n) is 8.61. The average Bonchev–Trinajstić information content (AvgIpc) is 3.19. The number of allylic oxidation sites excluding steroid dienone is 1. The van der Waals surface area contributed by atoms with Gasteiger partial charge in [0.15, 0.2) is 0 Å². The molecule has 6 atom stereocenters. The van der Waals surface area contributed by atoms with Gasteiger partial charge in [-0.3, -0.25) is 4.90 Å². The highest BCUT2D eigenvalue weighted by atomic mass is 16.7. The number of benzene rings is 2. The van der Waals surface area contributed by atoms with E-state index in [1.54, 1.807) is 17.0 Å². The highest BCUT2D eigenvalue weighted by Crippen LogP contribution is 2.62. The SMILES string of the molecule is C=CCO[C@@]12Oc3ccc(OC(=O)NCC)cc3[C@H]3[C@H](CCCCO)[C@@H](CCCCO)C=C(C(=NOC(C)(C)C)C[C@@H]1N(CCC)C(=O)OCc1ccccc1)[C@H]32. The van der Waals surface area contributed by atoms with Gasteiger partial charge in [0, 0.05) is 44.2 Å². The minimum Gasteiger partial charge on any atom is -0.459 e. The smallest absolute Gasteiger partial charge is 0.412 e. The summed E-state index contributed by atoms with van der Waals surface area (Å²) in [6, 6.07) is 14.3. The molecule has 12 nitrogen and oxygen atoms in total. The van der Waals surface area contributed by atoms with Crippen molar-refractivity contribution in [2.24, 2.45) is 22.9 Å². The zero-order valence-corrected chi connectivity index (χ0v) is 34.4. The number of fused-ring (bicyclic) bond motifs is 2. The van der Waals surface area contributed by atoms with Crippen LogP contribution in [0.25, 0.3) is 0 Å². The molecule has 5 rings (SSSR count). The number of unbranched alkanes of at least 4 members (excludes halogenated alkanes) is 2. The van der Waals surface area contributed by atoms with Gasteiger partial charge < -0.3 is 39.3 Å². The fraction of sp³-hybridized carbons (Fsp3) is 0.578. The zero-order valence-electron chi connectivity index (χ0n) is 34.4. The molecule has 3 N–H and O–H groups in total. The van der Waals surface area contributed by atoms with Gasteiger partial charge in [0.25, 0.3) is 0 Å². The van der Waals surface area contributed by atoms with Crippen LogP contribution in [-0.2, 0) is 20.9 Å². The summed E-state index contributed by atoms with van der Waals surface area (Å²) in [6.07, 6.45) is 8.33. The lowest BCUT2D eigenvalue weighted by Gasteiger charge is -2.60. The van der Waals surface area contributed by atoms with Crippen LogP contribution < -0.4 is 14.8 Å². The number of nitrogens with one attached hydrogen (secondary N) is 1. The van der Waals surface area contributed by atoms with E-state index in [1.807, 2.05) is 77.1 Å². The van der Waals surface area contributed by atoms with Gasteiger partial charge in [0.2, 0.25) is 5.79 Å². The third-order valence-electron chi connectivity index (χ3n) is 10.9. The van der Waals surface area contributed by atoms with Crippen LogP contribution in [0.3, 0.4) is 0 Å².